The van der Waals surface area contributed by atoms with Gasteiger partial charge >= 0.3 is 0 Å². The van der Waals surface area contributed by atoms with Gasteiger partial charge in [0.2, 0.25) is 0 Å². The summed E-state index contributed by atoms with van der Waals surface area (Å²) in [4.78, 5) is 24.1. The molecule has 0 amide bonds. The molecule has 0 aliphatic carbocycles. The van der Waals surface area contributed by atoms with Gasteiger partial charge in [0.1, 0.15) is 0 Å². The highest BCUT2D eigenvalue weighted by Crippen LogP contribution is 2.24. The molecule has 22 heavy (non-hydrogen) atoms. The number of nitrogens with one attached hydrogen (secondary N) is 1. The molecule has 0 saturated heterocycles. The Morgan fingerprint density at radius 2 is 1.36 bits per heavy atom. The van der Waals surface area contributed by atoms with Crippen LogP contribution in [-0.2, 0) is 0 Å². The standard InChI is InChI=1S/C12H9N.C6H4O2S/c1-3-7-11-9(5-1)10-6-2-4-8-12(10)13-11;7-3-5-1-2-9-6(5)4-8/h1-8,13H;1-4H. The minimum Gasteiger partial charge on any atom is -0.355 e. The lowest BCUT2D eigenvalue weighted by Crippen LogP contribution is -1.79. The van der Waals surface area contributed by atoms with Crippen molar-refractivity contribution in [2.75, 3.05) is 0 Å². The van der Waals surface area contributed by atoms with E-state index in [9.17, 15) is 9.59 Å². The molecule has 4 heteroatoms. The number of aromatic amines is 1. The number of carbonyl (C=O) groups excluding carboxylic acids is 2. The van der Waals surface area contributed by atoms with Crippen molar-refractivity contribution in [1.29, 1.82) is 0 Å². The zero-order chi connectivity index (χ0) is 15.4. The zero-order valence-corrected chi connectivity index (χ0v) is 12.5. The predicted octanol–water partition coefficient (Wildman–Crippen LogP) is 4.69. The van der Waals surface area contributed by atoms with Crippen LogP contribution in [0, 0.1) is 0 Å². The Labute approximate surface area is 131 Å². The third-order valence-electron chi connectivity index (χ3n) is 3.37. The number of H-pyrrole nitrogens is 1. The highest BCUT2D eigenvalue weighted by Gasteiger charge is 2.00. The average molecular weight is 307 g/mol. The molecule has 4 aromatic rings. The summed E-state index contributed by atoms with van der Waals surface area (Å²) in [5.41, 5.74) is 2.91. The summed E-state index contributed by atoms with van der Waals surface area (Å²) in [5.74, 6) is 0. The van der Waals surface area contributed by atoms with E-state index in [4.69, 9.17) is 0 Å². The van der Waals surface area contributed by atoms with Gasteiger partial charge in [-0.25, -0.2) is 0 Å². The van der Waals surface area contributed by atoms with Crippen LogP contribution in [0.25, 0.3) is 21.8 Å². The predicted molar refractivity (Wildman–Crippen MR) is 90.9 cm³/mol. The molecule has 4 rings (SSSR count). The number of hydrogen-bond acceptors (Lipinski definition) is 3. The summed E-state index contributed by atoms with van der Waals surface area (Å²) in [5, 5.41) is 4.32. The molecule has 2 aromatic heterocycles. The first-order valence-corrected chi connectivity index (χ1v) is 7.64. The molecule has 0 atom stereocenters. The van der Waals surface area contributed by atoms with E-state index < -0.39 is 0 Å². The molecule has 1 N–H and O–H groups in total. The lowest BCUT2D eigenvalue weighted by atomic mass is 10.2. The highest BCUT2D eigenvalue weighted by molar-refractivity contribution is 7.12. The maximum Gasteiger partial charge on any atom is 0.160 e. The van der Waals surface area contributed by atoms with Gasteiger partial charge in [0.05, 0.1) is 4.88 Å². The maximum atomic E-state index is 10.1. The molecule has 108 valence electrons. The van der Waals surface area contributed by atoms with Crippen molar-refractivity contribution < 1.29 is 9.59 Å². The Kier molecular flexibility index (Phi) is 4.12. The summed E-state index contributed by atoms with van der Waals surface area (Å²) in [6, 6.07) is 18.4. The fraction of sp³-hybridized carbons (Fsp3) is 0. The maximum absolute atomic E-state index is 10.1. The van der Waals surface area contributed by atoms with Crippen molar-refractivity contribution in [3.05, 3.63) is 70.4 Å². The Hall–Kier alpha value is -2.72. The van der Waals surface area contributed by atoms with Gasteiger partial charge in [-0.1, -0.05) is 36.4 Å². The van der Waals surface area contributed by atoms with E-state index in [1.165, 1.54) is 33.1 Å². The number of fused-ring (bicyclic) bond motifs is 3. The van der Waals surface area contributed by atoms with Crippen molar-refractivity contribution in [1.82, 2.24) is 4.98 Å². The van der Waals surface area contributed by atoms with E-state index in [1.807, 2.05) is 0 Å². The second-order valence-corrected chi connectivity index (χ2v) is 5.64. The smallest absolute Gasteiger partial charge is 0.160 e. The zero-order valence-electron chi connectivity index (χ0n) is 11.7. The molecule has 0 saturated carbocycles. The minimum atomic E-state index is 0.481. The number of rotatable bonds is 2. The van der Waals surface area contributed by atoms with E-state index in [0.717, 1.165) is 0 Å². The molecule has 0 aliphatic rings. The number of para-hydroxylation sites is 2. The Bertz CT molecular complexity index is 863. The van der Waals surface area contributed by atoms with Crippen LogP contribution in [-0.4, -0.2) is 17.6 Å². The van der Waals surface area contributed by atoms with Gasteiger partial charge in [0.25, 0.3) is 0 Å². The number of carbonyl (C=O) groups is 2. The topological polar surface area (TPSA) is 49.9 Å². The van der Waals surface area contributed by atoms with Crippen molar-refractivity contribution in [2.45, 2.75) is 0 Å². The van der Waals surface area contributed by atoms with Gasteiger partial charge in [-0.15, -0.1) is 11.3 Å². The fourth-order valence-electron chi connectivity index (χ4n) is 2.32. The first kappa shape index (κ1) is 14.2. The van der Waals surface area contributed by atoms with Crippen LogP contribution >= 0.6 is 11.3 Å². The van der Waals surface area contributed by atoms with Crippen molar-refractivity contribution in [3.63, 3.8) is 0 Å². The summed E-state index contributed by atoms with van der Waals surface area (Å²) < 4.78 is 0. The quantitative estimate of drug-likeness (QED) is 0.546. The molecule has 0 radical (unpaired) electrons. The van der Waals surface area contributed by atoms with Gasteiger partial charge in [-0.05, 0) is 23.6 Å². The van der Waals surface area contributed by atoms with Gasteiger partial charge in [-0.2, -0.15) is 0 Å². The van der Waals surface area contributed by atoms with Crippen molar-refractivity contribution in [3.8, 4) is 0 Å². The molecule has 2 heterocycles. The van der Waals surface area contributed by atoms with Crippen LogP contribution in [0.2, 0.25) is 0 Å². The van der Waals surface area contributed by atoms with E-state index in [-0.39, 0.29) is 0 Å². The van der Waals surface area contributed by atoms with Crippen LogP contribution < -0.4 is 0 Å². The number of aldehydes is 2. The summed E-state index contributed by atoms with van der Waals surface area (Å²) in [6.07, 6.45) is 1.37. The van der Waals surface area contributed by atoms with Crippen molar-refractivity contribution in [2.24, 2.45) is 0 Å². The molecule has 2 aromatic carbocycles. The summed E-state index contributed by atoms with van der Waals surface area (Å²) in [6.45, 7) is 0. The molecule has 0 fully saturated rings. The van der Waals surface area contributed by atoms with Crippen LogP contribution in [0.5, 0.6) is 0 Å². The van der Waals surface area contributed by atoms with Crippen LogP contribution in [0.3, 0.4) is 0 Å². The fourth-order valence-corrected chi connectivity index (χ4v) is 2.99. The molecule has 0 aliphatic heterocycles. The second kappa shape index (κ2) is 6.37. The molecular formula is C18H13NO2S. The van der Waals surface area contributed by atoms with Crippen LogP contribution in [0.1, 0.15) is 20.0 Å². The first-order valence-electron chi connectivity index (χ1n) is 6.77. The van der Waals surface area contributed by atoms with Gasteiger partial charge in [-0.3, -0.25) is 9.59 Å². The largest absolute Gasteiger partial charge is 0.355 e. The molecule has 0 unspecified atom stereocenters. The third-order valence-corrected chi connectivity index (χ3v) is 4.23. The monoisotopic (exact) mass is 307 g/mol. The Balaban J connectivity index is 0.000000142. The summed E-state index contributed by atoms with van der Waals surface area (Å²) >= 11 is 1.27. The van der Waals surface area contributed by atoms with E-state index in [0.29, 0.717) is 23.0 Å². The van der Waals surface area contributed by atoms with Crippen LogP contribution in [0.4, 0.5) is 0 Å². The lowest BCUT2D eigenvalue weighted by Gasteiger charge is -1.87. The van der Waals surface area contributed by atoms with Gasteiger partial charge < -0.3 is 4.98 Å². The molecule has 0 bridgehead atoms. The van der Waals surface area contributed by atoms with E-state index in [1.54, 1.807) is 11.4 Å². The van der Waals surface area contributed by atoms with Gasteiger partial charge in [0, 0.05) is 27.4 Å². The highest BCUT2D eigenvalue weighted by atomic mass is 32.1. The number of benzene rings is 2. The average Bonchev–Trinajstić information content (AvgIpc) is 3.19. The van der Waals surface area contributed by atoms with E-state index >= 15 is 0 Å². The van der Waals surface area contributed by atoms with Crippen LogP contribution in [0.15, 0.2) is 60.0 Å². The first-order chi connectivity index (χ1) is 10.8. The van der Waals surface area contributed by atoms with E-state index in [2.05, 4.69) is 53.5 Å². The third kappa shape index (κ3) is 2.69. The molecule has 3 nitrogen and oxygen atoms in total. The Morgan fingerprint density at radius 3 is 1.86 bits per heavy atom. The van der Waals surface area contributed by atoms with Gasteiger partial charge in [0.15, 0.2) is 12.6 Å². The lowest BCUT2D eigenvalue weighted by molar-refractivity contribution is 0.109. The molecular weight excluding hydrogens is 294 g/mol. The summed E-state index contributed by atoms with van der Waals surface area (Å²) in [7, 11) is 0. The SMILES string of the molecule is O=Cc1ccsc1C=O.c1ccc2c(c1)[nH]c1ccccc12. The molecule has 0 spiro atoms. The van der Waals surface area contributed by atoms with Crippen molar-refractivity contribution >= 4 is 45.7 Å². The second-order valence-electron chi connectivity index (χ2n) is 4.69. The minimum absolute atomic E-state index is 0.481. The number of thiophene rings is 1. The Morgan fingerprint density at radius 1 is 0.773 bits per heavy atom. The number of hydrogen-bond donors (Lipinski definition) is 1. The number of aromatic nitrogens is 1. The normalized spacial score (nSPS) is 10.2.